The quantitative estimate of drug-likeness (QED) is 0.624. The first-order valence-electron chi connectivity index (χ1n) is 6.13. The number of nitrogens with two attached hydrogens (primary N) is 1. The van der Waals surface area contributed by atoms with Gasteiger partial charge in [0, 0.05) is 0 Å². The van der Waals surface area contributed by atoms with Crippen molar-refractivity contribution in [2.24, 2.45) is 5.84 Å². The predicted molar refractivity (Wildman–Crippen MR) is 72.1 cm³/mol. The standard InChI is InChI=1S/C13H15FN4O2/c1-2-7-19-10-5-3-4-6-11(10)20-12-9(14)8-16-13(17-12)18-15/h3-6,8H,2,7,15H2,1H3,(H,16,17,18). The van der Waals surface area contributed by atoms with Crippen molar-refractivity contribution in [3.8, 4) is 17.4 Å². The summed E-state index contributed by atoms with van der Waals surface area (Å²) in [5.41, 5.74) is 2.23. The summed E-state index contributed by atoms with van der Waals surface area (Å²) in [6, 6.07) is 6.98. The first-order valence-corrected chi connectivity index (χ1v) is 6.13. The van der Waals surface area contributed by atoms with Gasteiger partial charge < -0.3 is 9.47 Å². The Morgan fingerprint density at radius 3 is 2.75 bits per heavy atom. The molecule has 1 aromatic heterocycles. The molecule has 0 spiro atoms. The first kappa shape index (κ1) is 14.0. The van der Waals surface area contributed by atoms with Crippen molar-refractivity contribution in [1.29, 1.82) is 0 Å². The Balaban J connectivity index is 2.25. The van der Waals surface area contributed by atoms with E-state index in [2.05, 4.69) is 15.4 Å². The molecule has 3 N–H and O–H groups in total. The highest BCUT2D eigenvalue weighted by atomic mass is 19.1. The number of anilines is 1. The van der Waals surface area contributed by atoms with Gasteiger partial charge in [-0.2, -0.15) is 9.37 Å². The summed E-state index contributed by atoms with van der Waals surface area (Å²) in [4.78, 5) is 7.45. The van der Waals surface area contributed by atoms with Crippen molar-refractivity contribution in [3.63, 3.8) is 0 Å². The average Bonchev–Trinajstić information content (AvgIpc) is 2.48. The Hall–Kier alpha value is -2.41. The van der Waals surface area contributed by atoms with Gasteiger partial charge in [-0.3, -0.25) is 5.43 Å². The van der Waals surface area contributed by atoms with Gasteiger partial charge in [0.25, 0.3) is 5.88 Å². The van der Waals surface area contributed by atoms with Gasteiger partial charge in [0.2, 0.25) is 11.8 Å². The molecular weight excluding hydrogens is 263 g/mol. The highest BCUT2D eigenvalue weighted by molar-refractivity contribution is 5.42. The zero-order chi connectivity index (χ0) is 14.4. The van der Waals surface area contributed by atoms with Crippen LogP contribution in [0, 0.1) is 5.82 Å². The lowest BCUT2D eigenvalue weighted by Crippen LogP contribution is -2.11. The Morgan fingerprint density at radius 2 is 2.05 bits per heavy atom. The summed E-state index contributed by atoms with van der Waals surface area (Å²) in [5.74, 6) is 5.23. The maximum atomic E-state index is 13.6. The maximum Gasteiger partial charge on any atom is 0.261 e. The Kier molecular flexibility index (Phi) is 4.67. The van der Waals surface area contributed by atoms with Crippen LogP contribution in [-0.2, 0) is 0 Å². The van der Waals surface area contributed by atoms with Crippen LogP contribution in [0.15, 0.2) is 30.5 Å². The fraction of sp³-hybridized carbons (Fsp3) is 0.231. The molecule has 20 heavy (non-hydrogen) atoms. The number of hydrogen-bond acceptors (Lipinski definition) is 6. The molecule has 0 bridgehead atoms. The van der Waals surface area contributed by atoms with Gasteiger partial charge in [0.05, 0.1) is 12.8 Å². The van der Waals surface area contributed by atoms with E-state index in [0.29, 0.717) is 18.1 Å². The third kappa shape index (κ3) is 3.33. The van der Waals surface area contributed by atoms with Crippen molar-refractivity contribution in [3.05, 3.63) is 36.3 Å². The monoisotopic (exact) mass is 278 g/mol. The molecular formula is C13H15FN4O2. The number of benzene rings is 1. The van der Waals surface area contributed by atoms with Gasteiger partial charge in [0.15, 0.2) is 11.5 Å². The van der Waals surface area contributed by atoms with Crippen molar-refractivity contribution >= 4 is 5.95 Å². The second kappa shape index (κ2) is 6.67. The van der Waals surface area contributed by atoms with Crippen LogP contribution in [0.4, 0.5) is 10.3 Å². The topological polar surface area (TPSA) is 82.3 Å². The Morgan fingerprint density at radius 1 is 1.30 bits per heavy atom. The normalized spacial score (nSPS) is 10.2. The number of nitrogens with zero attached hydrogens (tertiary/aromatic N) is 2. The van der Waals surface area contributed by atoms with E-state index in [1.165, 1.54) is 0 Å². The summed E-state index contributed by atoms with van der Waals surface area (Å²) in [7, 11) is 0. The second-order valence-electron chi connectivity index (χ2n) is 3.89. The number of nitrogen functional groups attached to an aromatic ring is 1. The SMILES string of the molecule is CCCOc1ccccc1Oc1nc(NN)ncc1F. The summed E-state index contributed by atoms with van der Waals surface area (Å²) in [5, 5.41) is 0. The zero-order valence-electron chi connectivity index (χ0n) is 11.0. The van der Waals surface area contributed by atoms with Crippen molar-refractivity contribution in [2.75, 3.05) is 12.0 Å². The fourth-order valence-corrected chi connectivity index (χ4v) is 1.46. The van der Waals surface area contributed by atoms with E-state index in [1.54, 1.807) is 24.3 Å². The van der Waals surface area contributed by atoms with Crippen LogP contribution in [0.2, 0.25) is 0 Å². The van der Waals surface area contributed by atoms with Gasteiger partial charge in [0.1, 0.15) is 0 Å². The highest BCUT2D eigenvalue weighted by Gasteiger charge is 2.12. The molecule has 1 heterocycles. The number of halogens is 1. The second-order valence-corrected chi connectivity index (χ2v) is 3.89. The van der Waals surface area contributed by atoms with Crippen molar-refractivity contribution in [2.45, 2.75) is 13.3 Å². The maximum absolute atomic E-state index is 13.6. The van der Waals surface area contributed by atoms with E-state index in [9.17, 15) is 4.39 Å². The molecule has 0 saturated carbocycles. The lowest BCUT2D eigenvalue weighted by molar-refractivity contribution is 0.298. The number of hydrogen-bond donors (Lipinski definition) is 2. The molecule has 2 aromatic rings. The molecule has 0 unspecified atom stereocenters. The molecule has 0 aliphatic heterocycles. The predicted octanol–water partition coefficient (Wildman–Crippen LogP) is 2.48. The minimum Gasteiger partial charge on any atom is -0.490 e. The van der Waals surface area contributed by atoms with E-state index in [0.717, 1.165) is 12.6 Å². The molecule has 0 fully saturated rings. The molecule has 0 saturated heterocycles. The van der Waals surface area contributed by atoms with Gasteiger partial charge in [-0.1, -0.05) is 19.1 Å². The molecule has 6 nitrogen and oxygen atoms in total. The van der Waals surface area contributed by atoms with Crippen LogP contribution in [0.25, 0.3) is 0 Å². The van der Waals surface area contributed by atoms with Gasteiger partial charge in [-0.25, -0.2) is 10.8 Å². The van der Waals surface area contributed by atoms with Crippen LogP contribution in [0.3, 0.4) is 0 Å². The largest absolute Gasteiger partial charge is 0.490 e. The number of rotatable bonds is 6. The molecule has 0 aliphatic carbocycles. The van der Waals surface area contributed by atoms with Crippen LogP contribution in [0.5, 0.6) is 17.4 Å². The highest BCUT2D eigenvalue weighted by Crippen LogP contribution is 2.31. The molecule has 0 atom stereocenters. The van der Waals surface area contributed by atoms with E-state index in [1.807, 2.05) is 6.92 Å². The molecule has 2 rings (SSSR count). The van der Waals surface area contributed by atoms with Crippen LogP contribution < -0.4 is 20.7 Å². The number of ether oxygens (including phenoxy) is 2. The van der Waals surface area contributed by atoms with Gasteiger partial charge in [-0.15, -0.1) is 0 Å². The molecule has 7 heteroatoms. The number of para-hydroxylation sites is 2. The van der Waals surface area contributed by atoms with Crippen molar-refractivity contribution < 1.29 is 13.9 Å². The number of nitrogens with one attached hydrogen (secondary N) is 1. The van der Waals surface area contributed by atoms with Crippen LogP contribution >= 0.6 is 0 Å². The van der Waals surface area contributed by atoms with E-state index >= 15 is 0 Å². The Bertz CT molecular complexity index is 580. The summed E-state index contributed by atoms with van der Waals surface area (Å²) >= 11 is 0. The van der Waals surface area contributed by atoms with E-state index < -0.39 is 5.82 Å². The van der Waals surface area contributed by atoms with Gasteiger partial charge >= 0.3 is 0 Å². The molecule has 0 radical (unpaired) electrons. The zero-order valence-corrected chi connectivity index (χ0v) is 11.0. The third-order valence-corrected chi connectivity index (χ3v) is 2.36. The van der Waals surface area contributed by atoms with Crippen molar-refractivity contribution in [1.82, 2.24) is 9.97 Å². The lowest BCUT2D eigenvalue weighted by Gasteiger charge is -2.11. The molecule has 0 amide bonds. The molecule has 106 valence electrons. The summed E-state index contributed by atoms with van der Waals surface area (Å²) < 4.78 is 24.6. The van der Waals surface area contributed by atoms with Crippen LogP contribution in [-0.4, -0.2) is 16.6 Å². The molecule has 1 aromatic carbocycles. The van der Waals surface area contributed by atoms with Gasteiger partial charge in [-0.05, 0) is 18.6 Å². The summed E-state index contributed by atoms with van der Waals surface area (Å²) in [6.45, 7) is 2.54. The number of hydrazine groups is 1. The molecule has 0 aliphatic rings. The number of aromatic nitrogens is 2. The van der Waals surface area contributed by atoms with E-state index in [-0.39, 0.29) is 11.8 Å². The smallest absolute Gasteiger partial charge is 0.261 e. The first-order chi connectivity index (χ1) is 9.74. The summed E-state index contributed by atoms with van der Waals surface area (Å²) in [6.07, 6.45) is 1.84. The van der Waals surface area contributed by atoms with Crippen LogP contribution in [0.1, 0.15) is 13.3 Å². The Labute approximate surface area is 115 Å². The van der Waals surface area contributed by atoms with E-state index in [4.69, 9.17) is 15.3 Å². The minimum atomic E-state index is -0.686. The average molecular weight is 278 g/mol. The third-order valence-electron chi connectivity index (χ3n) is 2.36. The minimum absolute atomic E-state index is 0.0633. The lowest BCUT2D eigenvalue weighted by atomic mass is 10.3. The fourth-order valence-electron chi connectivity index (χ4n) is 1.46.